The molecule has 5 heteroatoms. The molecule has 0 amide bonds. The first kappa shape index (κ1) is 12.4. The van der Waals surface area contributed by atoms with Gasteiger partial charge in [0.1, 0.15) is 23.0 Å². The lowest BCUT2D eigenvalue weighted by molar-refractivity contribution is 0.391. The largest absolute Gasteiger partial charge is 0.497 e. The summed E-state index contributed by atoms with van der Waals surface area (Å²) in [6.07, 6.45) is 0. The van der Waals surface area contributed by atoms with Gasteiger partial charge in [0, 0.05) is 23.7 Å². The molecule has 0 aliphatic rings. The number of hydrogen-bond acceptors (Lipinski definition) is 5. The summed E-state index contributed by atoms with van der Waals surface area (Å²) in [5.41, 5.74) is 8.16. The molecule has 0 saturated carbocycles. The fourth-order valence-electron chi connectivity index (χ4n) is 1.84. The van der Waals surface area contributed by atoms with Crippen LogP contribution in [0.1, 0.15) is 11.3 Å². The van der Waals surface area contributed by atoms with E-state index in [2.05, 4.69) is 5.16 Å². The van der Waals surface area contributed by atoms with Gasteiger partial charge in [-0.05, 0) is 19.1 Å². The van der Waals surface area contributed by atoms with Crippen LogP contribution in [0.15, 0.2) is 22.7 Å². The molecule has 0 fully saturated rings. The summed E-state index contributed by atoms with van der Waals surface area (Å²) in [5.74, 6) is 2.13. The van der Waals surface area contributed by atoms with Crippen molar-refractivity contribution in [1.82, 2.24) is 5.16 Å². The van der Waals surface area contributed by atoms with E-state index in [4.69, 9.17) is 19.7 Å². The molecule has 96 valence electrons. The highest BCUT2D eigenvalue weighted by Gasteiger charge is 2.17. The van der Waals surface area contributed by atoms with E-state index in [1.807, 2.05) is 19.1 Å². The van der Waals surface area contributed by atoms with Crippen LogP contribution in [-0.2, 0) is 6.54 Å². The third-order valence-corrected chi connectivity index (χ3v) is 2.85. The standard InChI is InChI=1S/C13H16N2O3/c1-8-11(7-14)13(15-18-8)10-5-4-9(16-2)6-12(10)17-3/h4-6H,7,14H2,1-3H3. The number of nitrogens with zero attached hydrogens (tertiary/aromatic N) is 1. The molecule has 0 aliphatic carbocycles. The van der Waals surface area contributed by atoms with Crippen molar-refractivity contribution in [2.45, 2.75) is 13.5 Å². The Balaban J connectivity index is 2.56. The molecule has 1 aromatic heterocycles. The zero-order chi connectivity index (χ0) is 13.1. The van der Waals surface area contributed by atoms with Crippen molar-refractivity contribution in [3.8, 4) is 22.8 Å². The number of hydrogen-bond donors (Lipinski definition) is 1. The first-order valence-corrected chi connectivity index (χ1v) is 5.58. The Labute approximate surface area is 105 Å². The van der Waals surface area contributed by atoms with E-state index in [9.17, 15) is 0 Å². The minimum absolute atomic E-state index is 0.375. The zero-order valence-electron chi connectivity index (χ0n) is 10.7. The SMILES string of the molecule is COc1ccc(-c2noc(C)c2CN)c(OC)c1. The summed E-state index contributed by atoms with van der Waals surface area (Å²) in [6.45, 7) is 2.22. The van der Waals surface area contributed by atoms with Crippen molar-refractivity contribution < 1.29 is 14.0 Å². The van der Waals surface area contributed by atoms with Crippen LogP contribution in [0.5, 0.6) is 11.5 Å². The molecule has 0 saturated heterocycles. The fourth-order valence-corrected chi connectivity index (χ4v) is 1.84. The average molecular weight is 248 g/mol. The molecule has 18 heavy (non-hydrogen) atoms. The van der Waals surface area contributed by atoms with Crippen LogP contribution in [0.4, 0.5) is 0 Å². The average Bonchev–Trinajstić information content (AvgIpc) is 2.78. The lowest BCUT2D eigenvalue weighted by atomic mass is 10.1. The first-order valence-electron chi connectivity index (χ1n) is 5.58. The van der Waals surface area contributed by atoms with Gasteiger partial charge >= 0.3 is 0 Å². The second kappa shape index (κ2) is 5.10. The second-order valence-corrected chi connectivity index (χ2v) is 3.84. The fraction of sp³-hybridized carbons (Fsp3) is 0.308. The molecule has 0 atom stereocenters. The van der Waals surface area contributed by atoms with Gasteiger partial charge in [0.25, 0.3) is 0 Å². The molecule has 2 N–H and O–H groups in total. The van der Waals surface area contributed by atoms with Crippen LogP contribution >= 0.6 is 0 Å². The van der Waals surface area contributed by atoms with Crippen LogP contribution in [0.25, 0.3) is 11.3 Å². The van der Waals surface area contributed by atoms with Crippen molar-refractivity contribution in [3.05, 3.63) is 29.5 Å². The summed E-state index contributed by atoms with van der Waals surface area (Å²) >= 11 is 0. The Bertz CT molecular complexity index is 549. The van der Waals surface area contributed by atoms with Gasteiger partial charge in [-0.1, -0.05) is 5.16 Å². The summed E-state index contributed by atoms with van der Waals surface area (Å²) < 4.78 is 15.7. The summed E-state index contributed by atoms with van der Waals surface area (Å²) in [7, 11) is 3.22. The maximum Gasteiger partial charge on any atom is 0.138 e. The highest BCUT2D eigenvalue weighted by Crippen LogP contribution is 2.35. The van der Waals surface area contributed by atoms with Gasteiger partial charge in [-0.2, -0.15) is 0 Å². The molecular formula is C13H16N2O3. The van der Waals surface area contributed by atoms with Gasteiger partial charge in [-0.3, -0.25) is 0 Å². The molecule has 2 aromatic rings. The van der Waals surface area contributed by atoms with E-state index in [-0.39, 0.29) is 0 Å². The molecule has 0 aliphatic heterocycles. The number of ether oxygens (including phenoxy) is 2. The van der Waals surface area contributed by atoms with E-state index in [1.54, 1.807) is 20.3 Å². The summed E-state index contributed by atoms with van der Waals surface area (Å²) in [5, 5.41) is 4.05. The highest BCUT2D eigenvalue weighted by molar-refractivity contribution is 5.71. The maximum absolute atomic E-state index is 5.72. The zero-order valence-corrected chi connectivity index (χ0v) is 10.7. The number of methoxy groups -OCH3 is 2. The third-order valence-electron chi connectivity index (χ3n) is 2.85. The third kappa shape index (κ3) is 2.04. The Hall–Kier alpha value is -2.01. The maximum atomic E-state index is 5.72. The lowest BCUT2D eigenvalue weighted by Gasteiger charge is -2.09. The smallest absolute Gasteiger partial charge is 0.138 e. The quantitative estimate of drug-likeness (QED) is 0.897. The molecule has 0 unspecified atom stereocenters. The predicted molar refractivity (Wildman–Crippen MR) is 67.7 cm³/mol. The molecular weight excluding hydrogens is 232 g/mol. The van der Waals surface area contributed by atoms with Crippen molar-refractivity contribution in [2.24, 2.45) is 5.73 Å². The van der Waals surface area contributed by atoms with Gasteiger partial charge in [-0.25, -0.2) is 0 Å². The molecule has 2 rings (SSSR count). The van der Waals surface area contributed by atoms with Crippen LogP contribution in [0.3, 0.4) is 0 Å². The molecule has 1 aromatic carbocycles. The van der Waals surface area contributed by atoms with Crippen molar-refractivity contribution >= 4 is 0 Å². The Morgan fingerprint density at radius 1 is 1.28 bits per heavy atom. The van der Waals surface area contributed by atoms with Crippen molar-refractivity contribution in [3.63, 3.8) is 0 Å². The van der Waals surface area contributed by atoms with Gasteiger partial charge < -0.3 is 19.7 Å². The van der Waals surface area contributed by atoms with Gasteiger partial charge in [0.2, 0.25) is 0 Å². The van der Waals surface area contributed by atoms with E-state index >= 15 is 0 Å². The van der Waals surface area contributed by atoms with Crippen LogP contribution in [-0.4, -0.2) is 19.4 Å². The Morgan fingerprint density at radius 2 is 2.06 bits per heavy atom. The van der Waals surface area contributed by atoms with Crippen molar-refractivity contribution in [2.75, 3.05) is 14.2 Å². The van der Waals surface area contributed by atoms with Gasteiger partial charge in [-0.15, -0.1) is 0 Å². The molecule has 0 radical (unpaired) electrons. The van der Waals surface area contributed by atoms with E-state index < -0.39 is 0 Å². The number of benzene rings is 1. The van der Waals surface area contributed by atoms with Crippen LogP contribution in [0.2, 0.25) is 0 Å². The summed E-state index contributed by atoms with van der Waals surface area (Å²) in [4.78, 5) is 0. The monoisotopic (exact) mass is 248 g/mol. The topological polar surface area (TPSA) is 70.5 Å². The molecule has 0 bridgehead atoms. The molecule has 0 spiro atoms. The minimum atomic E-state index is 0.375. The van der Waals surface area contributed by atoms with Crippen LogP contribution in [0, 0.1) is 6.92 Å². The Kier molecular flexibility index (Phi) is 3.53. The minimum Gasteiger partial charge on any atom is -0.497 e. The molecule has 5 nitrogen and oxygen atoms in total. The number of aromatic nitrogens is 1. The molecule has 1 heterocycles. The lowest BCUT2D eigenvalue weighted by Crippen LogP contribution is -1.99. The number of nitrogens with two attached hydrogens (primary N) is 1. The van der Waals surface area contributed by atoms with Gasteiger partial charge in [0.05, 0.1) is 14.2 Å². The van der Waals surface area contributed by atoms with Crippen LogP contribution < -0.4 is 15.2 Å². The predicted octanol–water partition coefficient (Wildman–Crippen LogP) is 2.13. The second-order valence-electron chi connectivity index (χ2n) is 3.84. The van der Waals surface area contributed by atoms with Gasteiger partial charge in [0.15, 0.2) is 0 Å². The number of rotatable bonds is 4. The van der Waals surface area contributed by atoms with E-state index in [1.165, 1.54) is 0 Å². The van der Waals surface area contributed by atoms with E-state index in [0.29, 0.717) is 12.3 Å². The summed E-state index contributed by atoms with van der Waals surface area (Å²) in [6, 6.07) is 5.54. The Morgan fingerprint density at radius 3 is 2.67 bits per heavy atom. The number of aryl methyl sites for hydroxylation is 1. The normalized spacial score (nSPS) is 10.4. The van der Waals surface area contributed by atoms with E-state index in [0.717, 1.165) is 28.3 Å². The van der Waals surface area contributed by atoms with Crippen molar-refractivity contribution in [1.29, 1.82) is 0 Å². The highest BCUT2D eigenvalue weighted by atomic mass is 16.5. The first-order chi connectivity index (χ1) is 8.71.